The van der Waals surface area contributed by atoms with Crippen LogP contribution in [0.4, 0.5) is 4.79 Å². The van der Waals surface area contributed by atoms with Gasteiger partial charge in [0.2, 0.25) is 0 Å². The standard InChI is InChI=1S/C13H14N2O4/c1-9-4-2-3-5-10(9)6-7-12(17)19-8-11(16)15-13(14)18/h2-7H,8H2,1H3,(H3,14,15,16,18)/b7-6+. The molecule has 1 rings (SSSR count). The van der Waals surface area contributed by atoms with E-state index in [1.54, 1.807) is 11.4 Å². The number of rotatable bonds is 4. The third-order valence-corrected chi connectivity index (χ3v) is 2.20. The molecule has 3 N–H and O–H groups in total. The van der Waals surface area contributed by atoms with E-state index in [-0.39, 0.29) is 0 Å². The smallest absolute Gasteiger partial charge is 0.331 e. The summed E-state index contributed by atoms with van der Waals surface area (Å²) in [6, 6.07) is 6.50. The minimum Gasteiger partial charge on any atom is -0.452 e. The van der Waals surface area contributed by atoms with Crippen molar-refractivity contribution < 1.29 is 19.1 Å². The van der Waals surface area contributed by atoms with E-state index in [0.717, 1.165) is 11.1 Å². The van der Waals surface area contributed by atoms with E-state index in [9.17, 15) is 14.4 Å². The molecule has 0 radical (unpaired) electrons. The van der Waals surface area contributed by atoms with Gasteiger partial charge < -0.3 is 10.5 Å². The fourth-order valence-electron chi connectivity index (χ4n) is 1.29. The number of nitrogens with two attached hydrogens (primary N) is 1. The van der Waals surface area contributed by atoms with Gasteiger partial charge in [-0.1, -0.05) is 24.3 Å². The summed E-state index contributed by atoms with van der Waals surface area (Å²) in [5.74, 6) is -1.45. The lowest BCUT2D eigenvalue weighted by atomic mass is 10.1. The van der Waals surface area contributed by atoms with Crippen LogP contribution in [0.15, 0.2) is 30.3 Å². The van der Waals surface area contributed by atoms with E-state index in [2.05, 4.69) is 4.74 Å². The summed E-state index contributed by atoms with van der Waals surface area (Å²) in [5, 5.41) is 1.78. The predicted octanol–water partition coefficient (Wildman–Crippen LogP) is 0.746. The molecule has 0 aliphatic rings. The van der Waals surface area contributed by atoms with Gasteiger partial charge in [0, 0.05) is 6.08 Å². The lowest BCUT2D eigenvalue weighted by Crippen LogP contribution is -2.37. The maximum absolute atomic E-state index is 11.3. The Hall–Kier alpha value is -2.63. The van der Waals surface area contributed by atoms with Gasteiger partial charge in [-0.25, -0.2) is 9.59 Å². The van der Waals surface area contributed by atoms with Crippen LogP contribution >= 0.6 is 0 Å². The predicted molar refractivity (Wildman–Crippen MR) is 68.9 cm³/mol. The molecule has 0 atom stereocenters. The van der Waals surface area contributed by atoms with Crippen molar-refractivity contribution in [3.05, 3.63) is 41.5 Å². The van der Waals surface area contributed by atoms with Crippen molar-refractivity contribution in [3.63, 3.8) is 0 Å². The first-order chi connectivity index (χ1) is 8.99. The number of benzene rings is 1. The summed E-state index contributed by atoms with van der Waals surface area (Å²) in [6.45, 7) is 1.35. The summed E-state index contributed by atoms with van der Waals surface area (Å²) in [7, 11) is 0. The first-order valence-corrected chi connectivity index (χ1v) is 5.49. The average Bonchev–Trinajstić information content (AvgIpc) is 2.34. The van der Waals surface area contributed by atoms with Crippen LogP contribution in [0.3, 0.4) is 0 Å². The number of ether oxygens (including phenoxy) is 1. The second kappa shape index (κ2) is 6.95. The molecule has 1 aromatic carbocycles. The van der Waals surface area contributed by atoms with Crippen LogP contribution in [-0.4, -0.2) is 24.5 Å². The number of nitrogens with one attached hydrogen (secondary N) is 1. The third kappa shape index (κ3) is 5.49. The van der Waals surface area contributed by atoms with Gasteiger partial charge in [0.15, 0.2) is 6.61 Å². The first-order valence-electron chi connectivity index (χ1n) is 5.49. The van der Waals surface area contributed by atoms with Crippen LogP contribution in [0.5, 0.6) is 0 Å². The number of esters is 1. The second-order valence-electron chi connectivity index (χ2n) is 3.71. The highest BCUT2D eigenvalue weighted by Gasteiger charge is 2.06. The van der Waals surface area contributed by atoms with Gasteiger partial charge in [-0.2, -0.15) is 0 Å². The Balaban J connectivity index is 2.46. The van der Waals surface area contributed by atoms with Gasteiger partial charge >= 0.3 is 12.0 Å². The Morgan fingerprint density at radius 1 is 1.32 bits per heavy atom. The molecule has 0 fully saturated rings. The van der Waals surface area contributed by atoms with Gasteiger partial charge in [0.25, 0.3) is 5.91 Å². The number of carbonyl (C=O) groups is 3. The molecule has 1 aromatic rings. The molecule has 0 saturated carbocycles. The highest BCUT2D eigenvalue weighted by atomic mass is 16.5. The van der Waals surface area contributed by atoms with E-state index in [0.29, 0.717) is 0 Å². The number of hydrogen-bond donors (Lipinski definition) is 2. The van der Waals surface area contributed by atoms with Crippen molar-refractivity contribution in [2.24, 2.45) is 5.73 Å². The van der Waals surface area contributed by atoms with Crippen LogP contribution in [0.1, 0.15) is 11.1 Å². The number of urea groups is 1. The molecule has 19 heavy (non-hydrogen) atoms. The minimum absolute atomic E-state index is 0.556. The molecule has 100 valence electrons. The zero-order valence-electron chi connectivity index (χ0n) is 10.4. The summed E-state index contributed by atoms with van der Waals surface area (Å²) >= 11 is 0. The van der Waals surface area contributed by atoms with Crippen LogP contribution in [0.25, 0.3) is 6.08 Å². The van der Waals surface area contributed by atoms with Crippen LogP contribution < -0.4 is 11.1 Å². The van der Waals surface area contributed by atoms with Gasteiger partial charge in [-0.15, -0.1) is 0 Å². The largest absolute Gasteiger partial charge is 0.452 e. The fourth-order valence-corrected chi connectivity index (χ4v) is 1.29. The zero-order valence-corrected chi connectivity index (χ0v) is 10.4. The first kappa shape index (κ1) is 14.4. The van der Waals surface area contributed by atoms with Crippen LogP contribution in [-0.2, 0) is 14.3 Å². The van der Waals surface area contributed by atoms with Crippen LogP contribution in [0.2, 0.25) is 0 Å². The maximum Gasteiger partial charge on any atom is 0.331 e. The Labute approximate surface area is 110 Å². The van der Waals surface area contributed by atoms with Crippen molar-refractivity contribution >= 4 is 24.0 Å². The highest BCUT2D eigenvalue weighted by molar-refractivity contribution is 5.95. The topological polar surface area (TPSA) is 98.5 Å². The summed E-state index contributed by atoms with van der Waals surface area (Å²) in [5.41, 5.74) is 6.61. The van der Waals surface area contributed by atoms with E-state index in [4.69, 9.17) is 5.73 Å². The summed E-state index contributed by atoms with van der Waals surface area (Å²) in [6.07, 6.45) is 2.80. The molecule has 0 aliphatic heterocycles. The molecular weight excluding hydrogens is 248 g/mol. The lowest BCUT2D eigenvalue weighted by molar-refractivity contribution is -0.143. The Morgan fingerprint density at radius 3 is 2.63 bits per heavy atom. The number of primary amides is 1. The van der Waals surface area contributed by atoms with Crippen LogP contribution in [0, 0.1) is 6.92 Å². The Bertz CT molecular complexity index is 523. The van der Waals surface area contributed by atoms with Crippen molar-refractivity contribution in [1.29, 1.82) is 0 Å². The molecule has 6 nitrogen and oxygen atoms in total. The second-order valence-corrected chi connectivity index (χ2v) is 3.71. The van der Waals surface area contributed by atoms with Gasteiger partial charge in [-0.05, 0) is 24.1 Å². The van der Waals surface area contributed by atoms with Crippen molar-refractivity contribution in [1.82, 2.24) is 5.32 Å². The maximum atomic E-state index is 11.3. The average molecular weight is 262 g/mol. The van der Waals surface area contributed by atoms with E-state index < -0.39 is 24.5 Å². The molecule has 0 spiro atoms. The molecule has 0 bridgehead atoms. The van der Waals surface area contributed by atoms with E-state index in [1.807, 2.05) is 31.2 Å². The Kier molecular flexibility index (Phi) is 5.28. The molecule has 0 unspecified atom stereocenters. The fraction of sp³-hybridized carbons (Fsp3) is 0.154. The van der Waals surface area contributed by atoms with E-state index in [1.165, 1.54) is 6.08 Å². The summed E-state index contributed by atoms with van der Waals surface area (Å²) < 4.78 is 4.62. The van der Waals surface area contributed by atoms with Crippen molar-refractivity contribution in [2.45, 2.75) is 6.92 Å². The molecule has 6 heteroatoms. The number of imide groups is 1. The highest BCUT2D eigenvalue weighted by Crippen LogP contribution is 2.08. The zero-order chi connectivity index (χ0) is 14.3. The summed E-state index contributed by atoms with van der Waals surface area (Å²) in [4.78, 5) is 32.6. The van der Waals surface area contributed by atoms with Crippen molar-refractivity contribution in [2.75, 3.05) is 6.61 Å². The number of carbonyl (C=O) groups excluding carboxylic acids is 3. The molecule has 3 amide bonds. The van der Waals surface area contributed by atoms with Gasteiger partial charge in [0.1, 0.15) is 0 Å². The number of amides is 3. The number of aryl methyl sites for hydroxylation is 1. The molecule has 0 aromatic heterocycles. The third-order valence-electron chi connectivity index (χ3n) is 2.20. The SMILES string of the molecule is Cc1ccccc1/C=C/C(=O)OCC(=O)NC(N)=O. The molecule has 0 heterocycles. The van der Waals surface area contributed by atoms with Crippen molar-refractivity contribution in [3.8, 4) is 0 Å². The minimum atomic E-state index is -0.989. The number of hydrogen-bond acceptors (Lipinski definition) is 4. The quantitative estimate of drug-likeness (QED) is 0.617. The van der Waals surface area contributed by atoms with Gasteiger partial charge in [-0.3, -0.25) is 10.1 Å². The molecule has 0 saturated heterocycles. The monoisotopic (exact) mass is 262 g/mol. The van der Waals surface area contributed by atoms with E-state index >= 15 is 0 Å². The lowest BCUT2D eigenvalue weighted by Gasteiger charge is -2.01. The molecular formula is C13H14N2O4. The van der Waals surface area contributed by atoms with Gasteiger partial charge in [0.05, 0.1) is 0 Å². The normalized spacial score (nSPS) is 10.2. The molecule has 0 aliphatic carbocycles. The Morgan fingerprint density at radius 2 is 2.00 bits per heavy atom.